The zero-order chi connectivity index (χ0) is 13.7. The second-order valence-corrected chi connectivity index (χ2v) is 6.46. The van der Waals surface area contributed by atoms with Gasteiger partial charge in [-0.3, -0.25) is 9.00 Å². The molecule has 1 unspecified atom stereocenters. The molecule has 1 aliphatic heterocycles. The van der Waals surface area contributed by atoms with Crippen LogP contribution in [0.15, 0.2) is 18.2 Å². The smallest absolute Gasteiger partial charge is 0.251 e. The van der Waals surface area contributed by atoms with Crippen molar-refractivity contribution in [2.75, 3.05) is 24.6 Å². The molecule has 2 rings (SSSR count). The SMILES string of the molecule is CCS(=O)CCNC(=O)c1ccc2c(c1)CNCC2. The highest BCUT2D eigenvalue weighted by molar-refractivity contribution is 7.84. The monoisotopic (exact) mass is 280 g/mol. The normalized spacial score (nSPS) is 15.6. The van der Waals surface area contributed by atoms with Gasteiger partial charge in [0.25, 0.3) is 5.91 Å². The molecule has 1 heterocycles. The lowest BCUT2D eigenvalue weighted by molar-refractivity contribution is 0.0956. The second kappa shape index (κ2) is 6.82. The molecule has 2 N–H and O–H groups in total. The minimum Gasteiger partial charge on any atom is -0.351 e. The summed E-state index contributed by atoms with van der Waals surface area (Å²) in [6, 6.07) is 5.86. The van der Waals surface area contributed by atoms with Gasteiger partial charge in [0.15, 0.2) is 0 Å². The minimum atomic E-state index is -0.826. The Morgan fingerprint density at radius 1 is 1.42 bits per heavy atom. The summed E-state index contributed by atoms with van der Waals surface area (Å²) in [5, 5.41) is 6.12. The van der Waals surface area contributed by atoms with Crippen molar-refractivity contribution in [1.82, 2.24) is 10.6 Å². The zero-order valence-electron chi connectivity index (χ0n) is 11.2. The van der Waals surface area contributed by atoms with Crippen molar-refractivity contribution in [3.8, 4) is 0 Å². The van der Waals surface area contributed by atoms with Crippen LogP contribution in [0.1, 0.15) is 28.4 Å². The highest BCUT2D eigenvalue weighted by Gasteiger charge is 2.12. The van der Waals surface area contributed by atoms with Gasteiger partial charge in [0, 0.05) is 41.0 Å². The van der Waals surface area contributed by atoms with Crippen molar-refractivity contribution in [1.29, 1.82) is 0 Å². The van der Waals surface area contributed by atoms with Crippen LogP contribution in [0.2, 0.25) is 0 Å². The Bertz CT molecular complexity index is 488. The Labute approximate surface area is 116 Å². The molecule has 0 fully saturated rings. The van der Waals surface area contributed by atoms with Crippen LogP contribution in [0.5, 0.6) is 0 Å². The average Bonchev–Trinajstić information content (AvgIpc) is 2.46. The molecule has 19 heavy (non-hydrogen) atoms. The summed E-state index contributed by atoms with van der Waals surface area (Å²) < 4.78 is 11.3. The van der Waals surface area contributed by atoms with E-state index in [1.165, 1.54) is 11.1 Å². The number of hydrogen-bond acceptors (Lipinski definition) is 3. The summed E-state index contributed by atoms with van der Waals surface area (Å²) in [7, 11) is -0.826. The molecule has 1 aromatic carbocycles. The van der Waals surface area contributed by atoms with E-state index in [2.05, 4.69) is 10.6 Å². The third-order valence-electron chi connectivity index (χ3n) is 3.29. The van der Waals surface area contributed by atoms with Gasteiger partial charge in [0.05, 0.1) is 0 Å². The lowest BCUT2D eigenvalue weighted by Crippen LogP contribution is -2.29. The zero-order valence-corrected chi connectivity index (χ0v) is 12.0. The topological polar surface area (TPSA) is 58.2 Å². The van der Waals surface area contributed by atoms with Crippen molar-refractivity contribution in [3.05, 3.63) is 34.9 Å². The molecule has 0 saturated carbocycles. The van der Waals surface area contributed by atoms with Gasteiger partial charge in [-0.05, 0) is 36.2 Å². The standard InChI is InChI=1S/C14H20N2O2S/c1-2-19(18)8-7-16-14(17)12-4-3-11-5-6-15-10-13(11)9-12/h3-4,9,15H,2,5-8,10H2,1H3,(H,16,17). The van der Waals surface area contributed by atoms with Crippen molar-refractivity contribution >= 4 is 16.7 Å². The molecule has 1 aliphatic rings. The summed E-state index contributed by atoms with van der Waals surface area (Å²) in [6.07, 6.45) is 1.02. The van der Waals surface area contributed by atoms with Gasteiger partial charge in [-0.15, -0.1) is 0 Å². The molecule has 1 amide bonds. The Kier molecular flexibility index (Phi) is 5.10. The molecule has 4 nitrogen and oxygen atoms in total. The highest BCUT2D eigenvalue weighted by Crippen LogP contribution is 2.15. The molecule has 104 valence electrons. The van der Waals surface area contributed by atoms with Gasteiger partial charge in [0.2, 0.25) is 0 Å². The first-order valence-electron chi connectivity index (χ1n) is 6.66. The summed E-state index contributed by atoms with van der Waals surface area (Å²) >= 11 is 0. The van der Waals surface area contributed by atoms with Crippen LogP contribution in [0.4, 0.5) is 0 Å². The highest BCUT2D eigenvalue weighted by atomic mass is 32.2. The molecule has 0 spiro atoms. The lowest BCUT2D eigenvalue weighted by Gasteiger charge is -2.17. The van der Waals surface area contributed by atoms with Crippen LogP contribution in [0.3, 0.4) is 0 Å². The molecule has 0 aromatic heterocycles. The average molecular weight is 280 g/mol. The van der Waals surface area contributed by atoms with E-state index in [-0.39, 0.29) is 5.91 Å². The molecule has 5 heteroatoms. The Hall–Kier alpha value is -1.20. The number of carbonyl (C=O) groups is 1. The van der Waals surface area contributed by atoms with E-state index in [4.69, 9.17) is 0 Å². The largest absolute Gasteiger partial charge is 0.351 e. The fourth-order valence-corrected chi connectivity index (χ4v) is 2.76. The van der Waals surface area contributed by atoms with Crippen molar-refractivity contribution in [3.63, 3.8) is 0 Å². The van der Waals surface area contributed by atoms with E-state index in [9.17, 15) is 9.00 Å². The fourth-order valence-electron chi connectivity index (χ4n) is 2.15. The molecular formula is C14H20N2O2S. The first-order valence-corrected chi connectivity index (χ1v) is 8.15. The van der Waals surface area contributed by atoms with E-state index in [1.54, 1.807) is 0 Å². The summed E-state index contributed by atoms with van der Waals surface area (Å²) in [4.78, 5) is 12.0. The van der Waals surface area contributed by atoms with E-state index in [0.717, 1.165) is 19.5 Å². The second-order valence-electron chi connectivity index (χ2n) is 4.60. The lowest BCUT2D eigenvalue weighted by atomic mass is 9.98. The molecule has 0 radical (unpaired) electrons. The molecule has 0 saturated heterocycles. The van der Waals surface area contributed by atoms with Crippen LogP contribution in [-0.4, -0.2) is 34.7 Å². The van der Waals surface area contributed by atoms with Gasteiger partial charge in [-0.25, -0.2) is 0 Å². The first kappa shape index (κ1) is 14.2. The molecule has 0 bridgehead atoms. The van der Waals surface area contributed by atoms with Gasteiger partial charge in [-0.2, -0.15) is 0 Å². The number of rotatable bonds is 5. The first-order chi connectivity index (χ1) is 9.20. The molecule has 1 aromatic rings. The predicted molar refractivity (Wildman–Crippen MR) is 77.7 cm³/mol. The van der Waals surface area contributed by atoms with Crippen LogP contribution < -0.4 is 10.6 Å². The van der Waals surface area contributed by atoms with E-state index >= 15 is 0 Å². The summed E-state index contributed by atoms with van der Waals surface area (Å²) in [6.45, 7) is 4.18. The van der Waals surface area contributed by atoms with Crippen molar-refractivity contribution in [2.45, 2.75) is 19.9 Å². The fraction of sp³-hybridized carbons (Fsp3) is 0.500. The maximum Gasteiger partial charge on any atom is 0.251 e. The predicted octanol–water partition coefficient (Wildman–Crippen LogP) is 0.831. The Morgan fingerprint density at radius 2 is 2.26 bits per heavy atom. The van der Waals surface area contributed by atoms with Crippen molar-refractivity contribution < 1.29 is 9.00 Å². The number of amides is 1. The van der Waals surface area contributed by atoms with Crippen LogP contribution in [-0.2, 0) is 23.8 Å². The van der Waals surface area contributed by atoms with E-state index in [1.807, 2.05) is 25.1 Å². The van der Waals surface area contributed by atoms with Crippen molar-refractivity contribution in [2.24, 2.45) is 0 Å². The van der Waals surface area contributed by atoms with Crippen LogP contribution in [0.25, 0.3) is 0 Å². The Morgan fingerprint density at radius 3 is 3.05 bits per heavy atom. The third-order valence-corrected chi connectivity index (χ3v) is 4.60. The number of benzene rings is 1. The van der Waals surface area contributed by atoms with Gasteiger partial charge < -0.3 is 10.6 Å². The van der Waals surface area contributed by atoms with Crippen LogP contribution >= 0.6 is 0 Å². The quantitative estimate of drug-likeness (QED) is 0.840. The Balaban J connectivity index is 1.94. The van der Waals surface area contributed by atoms with Gasteiger partial charge >= 0.3 is 0 Å². The maximum absolute atomic E-state index is 12.0. The summed E-state index contributed by atoms with van der Waals surface area (Å²) in [5.74, 6) is 1.08. The number of nitrogens with one attached hydrogen (secondary N) is 2. The van der Waals surface area contributed by atoms with Gasteiger partial charge in [-0.1, -0.05) is 13.0 Å². The van der Waals surface area contributed by atoms with Crippen LogP contribution in [0, 0.1) is 0 Å². The number of hydrogen-bond donors (Lipinski definition) is 2. The minimum absolute atomic E-state index is 0.0820. The molecular weight excluding hydrogens is 260 g/mol. The molecule has 1 atom stereocenters. The third kappa shape index (κ3) is 3.88. The number of fused-ring (bicyclic) bond motifs is 1. The maximum atomic E-state index is 12.0. The van der Waals surface area contributed by atoms with E-state index in [0.29, 0.717) is 23.6 Å². The summed E-state index contributed by atoms with van der Waals surface area (Å²) in [5.41, 5.74) is 3.21. The molecule has 0 aliphatic carbocycles. The van der Waals surface area contributed by atoms with E-state index < -0.39 is 10.8 Å². The van der Waals surface area contributed by atoms with Gasteiger partial charge in [0.1, 0.15) is 0 Å². The number of carbonyl (C=O) groups excluding carboxylic acids is 1.